The summed E-state index contributed by atoms with van der Waals surface area (Å²) in [6.07, 6.45) is 0.917. The van der Waals surface area contributed by atoms with Gasteiger partial charge in [-0.15, -0.1) is 0 Å². The summed E-state index contributed by atoms with van der Waals surface area (Å²) >= 11 is 0. The first kappa shape index (κ1) is 16.2. The predicted molar refractivity (Wildman–Crippen MR) is 78.8 cm³/mol. The highest BCUT2D eigenvalue weighted by Gasteiger charge is 2.13. The van der Waals surface area contributed by atoms with E-state index < -0.39 is 0 Å². The second-order valence-electron chi connectivity index (χ2n) is 5.53. The third-order valence-electron chi connectivity index (χ3n) is 2.78. The number of carbonyl (C=O) groups excluding carboxylic acids is 2. The quantitative estimate of drug-likeness (QED) is 0.693. The molecule has 0 atom stereocenters. The number of nitrogens with one attached hydrogen (secondary N) is 2. The fraction of sp³-hybridized carbons (Fsp3) is 0.467. The molecule has 0 aliphatic heterocycles. The van der Waals surface area contributed by atoms with Gasteiger partial charge in [-0.2, -0.15) is 0 Å². The number of hydrogen-bond donors (Lipinski definition) is 3. The number of amides is 2. The molecule has 1 aromatic carbocycles. The van der Waals surface area contributed by atoms with Crippen LogP contribution < -0.4 is 16.4 Å². The summed E-state index contributed by atoms with van der Waals surface area (Å²) in [4.78, 5) is 23.1. The zero-order valence-electron chi connectivity index (χ0n) is 12.1. The molecule has 0 bridgehead atoms. The minimum absolute atomic E-state index is 0.00331. The molecule has 0 aliphatic rings. The Morgan fingerprint density at radius 3 is 2.35 bits per heavy atom. The second kappa shape index (κ2) is 7.65. The molecule has 0 saturated heterocycles. The first-order valence-corrected chi connectivity index (χ1v) is 6.73. The van der Waals surface area contributed by atoms with E-state index in [1.807, 2.05) is 44.2 Å². The number of hydrogen-bond acceptors (Lipinski definition) is 3. The van der Waals surface area contributed by atoms with Crippen molar-refractivity contribution in [2.75, 3.05) is 6.54 Å². The van der Waals surface area contributed by atoms with E-state index in [1.165, 1.54) is 0 Å². The van der Waals surface area contributed by atoms with Gasteiger partial charge in [-0.25, -0.2) is 0 Å². The maximum absolute atomic E-state index is 11.6. The van der Waals surface area contributed by atoms with Gasteiger partial charge in [-0.05, 0) is 25.8 Å². The molecule has 0 spiro atoms. The van der Waals surface area contributed by atoms with Crippen molar-refractivity contribution in [3.8, 4) is 0 Å². The van der Waals surface area contributed by atoms with Crippen molar-refractivity contribution in [3.63, 3.8) is 0 Å². The summed E-state index contributed by atoms with van der Waals surface area (Å²) in [5.74, 6) is -0.354. The van der Waals surface area contributed by atoms with Crippen LogP contribution in [0.1, 0.15) is 32.3 Å². The van der Waals surface area contributed by atoms with Gasteiger partial charge in [0.25, 0.3) is 0 Å². The van der Waals surface area contributed by atoms with E-state index in [2.05, 4.69) is 10.6 Å². The van der Waals surface area contributed by atoms with Crippen LogP contribution in [-0.2, 0) is 16.1 Å². The lowest BCUT2D eigenvalue weighted by atomic mass is 10.00. The van der Waals surface area contributed by atoms with Crippen molar-refractivity contribution >= 4 is 11.8 Å². The van der Waals surface area contributed by atoms with Crippen molar-refractivity contribution in [1.82, 2.24) is 10.6 Å². The van der Waals surface area contributed by atoms with E-state index in [9.17, 15) is 9.59 Å². The van der Waals surface area contributed by atoms with Gasteiger partial charge in [0, 0.05) is 18.5 Å². The van der Waals surface area contributed by atoms with Crippen LogP contribution in [0.5, 0.6) is 0 Å². The Balaban J connectivity index is 2.18. The van der Waals surface area contributed by atoms with Crippen LogP contribution in [0.2, 0.25) is 0 Å². The molecular formula is C15H23N3O2. The van der Waals surface area contributed by atoms with Crippen molar-refractivity contribution in [3.05, 3.63) is 35.9 Å². The third kappa shape index (κ3) is 7.53. The summed E-state index contributed by atoms with van der Waals surface area (Å²) < 4.78 is 0. The van der Waals surface area contributed by atoms with Crippen molar-refractivity contribution in [2.24, 2.45) is 5.73 Å². The molecule has 0 unspecified atom stereocenters. The van der Waals surface area contributed by atoms with Gasteiger partial charge in [0.2, 0.25) is 11.8 Å². The Morgan fingerprint density at radius 2 is 1.75 bits per heavy atom. The third-order valence-corrected chi connectivity index (χ3v) is 2.78. The van der Waals surface area contributed by atoms with Crippen molar-refractivity contribution < 1.29 is 9.59 Å². The first-order chi connectivity index (χ1) is 9.37. The lowest BCUT2D eigenvalue weighted by Crippen LogP contribution is -2.38. The second-order valence-corrected chi connectivity index (χ2v) is 5.53. The van der Waals surface area contributed by atoms with E-state index in [1.54, 1.807) is 0 Å². The molecule has 0 saturated carbocycles. The fourth-order valence-corrected chi connectivity index (χ4v) is 1.56. The van der Waals surface area contributed by atoms with Crippen LogP contribution in [0, 0.1) is 0 Å². The van der Waals surface area contributed by atoms with Crippen LogP contribution in [0.3, 0.4) is 0 Å². The fourth-order valence-electron chi connectivity index (χ4n) is 1.56. The Hall–Kier alpha value is -1.88. The molecular weight excluding hydrogens is 254 g/mol. The molecule has 20 heavy (non-hydrogen) atoms. The normalized spacial score (nSPS) is 10.9. The minimum atomic E-state index is -0.368. The van der Waals surface area contributed by atoms with Gasteiger partial charge in [0.15, 0.2) is 0 Å². The van der Waals surface area contributed by atoms with E-state index in [0.717, 1.165) is 5.56 Å². The molecule has 0 aromatic heterocycles. The molecule has 0 radical (unpaired) electrons. The Labute approximate surface area is 119 Å². The molecule has 0 heterocycles. The molecule has 5 heteroatoms. The highest BCUT2D eigenvalue weighted by Crippen LogP contribution is 2.06. The standard InChI is InChI=1S/C15H23N3O2/c1-15(2,16)9-8-13(19)18-11-14(20)17-10-12-6-4-3-5-7-12/h3-7H,8-11,16H2,1-2H3,(H,17,20)(H,18,19). The Morgan fingerprint density at radius 1 is 1.10 bits per heavy atom. The number of nitrogens with two attached hydrogens (primary N) is 1. The molecule has 1 rings (SSSR count). The van der Waals surface area contributed by atoms with Gasteiger partial charge < -0.3 is 16.4 Å². The highest BCUT2D eigenvalue weighted by molar-refractivity contribution is 5.84. The lowest BCUT2D eigenvalue weighted by Gasteiger charge is -2.17. The SMILES string of the molecule is CC(C)(N)CCC(=O)NCC(=O)NCc1ccccc1. The van der Waals surface area contributed by atoms with E-state index in [4.69, 9.17) is 5.73 Å². The number of rotatable bonds is 7. The Kier molecular flexibility index (Phi) is 6.18. The van der Waals surface area contributed by atoms with E-state index in [-0.39, 0.29) is 23.9 Å². The van der Waals surface area contributed by atoms with Crippen LogP contribution in [0.25, 0.3) is 0 Å². The maximum Gasteiger partial charge on any atom is 0.239 e. The van der Waals surface area contributed by atoms with Crippen LogP contribution >= 0.6 is 0 Å². The molecule has 4 N–H and O–H groups in total. The summed E-state index contributed by atoms with van der Waals surface area (Å²) in [5.41, 5.74) is 6.45. The molecule has 0 fully saturated rings. The number of benzene rings is 1. The average molecular weight is 277 g/mol. The summed E-state index contributed by atoms with van der Waals surface area (Å²) in [6, 6.07) is 9.62. The largest absolute Gasteiger partial charge is 0.350 e. The van der Waals surface area contributed by atoms with Crippen molar-refractivity contribution in [2.45, 2.75) is 38.8 Å². The molecule has 110 valence electrons. The first-order valence-electron chi connectivity index (χ1n) is 6.73. The topological polar surface area (TPSA) is 84.2 Å². The molecule has 2 amide bonds. The summed E-state index contributed by atoms with van der Waals surface area (Å²) in [5, 5.41) is 5.33. The minimum Gasteiger partial charge on any atom is -0.350 e. The van der Waals surface area contributed by atoms with Crippen molar-refractivity contribution in [1.29, 1.82) is 0 Å². The van der Waals surface area contributed by atoms with Crippen LogP contribution in [-0.4, -0.2) is 23.9 Å². The molecule has 1 aromatic rings. The monoisotopic (exact) mass is 277 g/mol. The zero-order valence-corrected chi connectivity index (χ0v) is 12.1. The zero-order chi connectivity index (χ0) is 15.0. The molecule has 5 nitrogen and oxygen atoms in total. The highest BCUT2D eigenvalue weighted by atomic mass is 16.2. The van der Waals surface area contributed by atoms with E-state index >= 15 is 0 Å². The average Bonchev–Trinajstić information content (AvgIpc) is 2.41. The Bertz CT molecular complexity index is 438. The van der Waals surface area contributed by atoms with E-state index in [0.29, 0.717) is 19.4 Å². The van der Waals surface area contributed by atoms with Gasteiger partial charge >= 0.3 is 0 Å². The predicted octanol–water partition coefficient (Wildman–Crippen LogP) is 0.937. The summed E-state index contributed by atoms with van der Waals surface area (Å²) in [6.45, 7) is 4.20. The molecule has 0 aliphatic carbocycles. The van der Waals surface area contributed by atoms with Crippen LogP contribution in [0.15, 0.2) is 30.3 Å². The van der Waals surface area contributed by atoms with Gasteiger partial charge in [-0.1, -0.05) is 30.3 Å². The number of carbonyl (C=O) groups is 2. The summed E-state index contributed by atoms with van der Waals surface area (Å²) in [7, 11) is 0. The lowest BCUT2D eigenvalue weighted by molar-refractivity contribution is -0.126. The smallest absolute Gasteiger partial charge is 0.239 e. The van der Waals surface area contributed by atoms with Gasteiger partial charge in [0.1, 0.15) is 0 Å². The maximum atomic E-state index is 11.6. The van der Waals surface area contributed by atoms with Gasteiger partial charge in [-0.3, -0.25) is 9.59 Å². The van der Waals surface area contributed by atoms with Gasteiger partial charge in [0.05, 0.1) is 6.54 Å². The van der Waals surface area contributed by atoms with Crippen LogP contribution in [0.4, 0.5) is 0 Å².